The number of carbonyl (C=O) groups excluding carboxylic acids is 2. The van der Waals surface area contributed by atoms with Gasteiger partial charge in [-0.3, -0.25) is 9.59 Å². The van der Waals surface area contributed by atoms with Gasteiger partial charge in [-0.2, -0.15) is 0 Å². The summed E-state index contributed by atoms with van der Waals surface area (Å²) in [7, 11) is 0. The molecule has 1 saturated carbocycles. The zero-order valence-electron chi connectivity index (χ0n) is 17.3. The van der Waals surface area contributed by atoms with Crippen molar-refractivity contribution >= 4 is 11.8 Å². The summed E-state index contributed by atoms with van der Waals surface area (Å²) in [4.78, 5) is 27.0. The van der Waals surface area contributed by atoms with E-state index in [1.807, 2.05) is 51.1 Å². The fourth-order valence-electron chi connectivity index (χ4n) is 3.81. The van der Waals surface area contributed by atoms with Crippen LogP contribution in [0.1, 0.15) is 58.5 Å². The summed E-state index contributed by atoms with van der Waals surface area (Å²) in [5, 5.41) is 12.6. The summed E-state index contributed by atoms with van der Waals surface area (Å²) in [6, 6.07) is 12.0. The van der Waals surface area contributed by atoms with Gasteiger partial charge in [-0.05, 0) is 66.3 Å². The molecule has 2 aromatic rings. The van der Waals surface area contributed by atoms with Crippen LogP contribution in [-0.2, 0) is 6.54 Å². The lowest BCUT2D eigenvalue weighted by molar-refractivity contribution is 0.0625. The molecule has 1 aliphatic carbocycles. The van der Waals surface area contributed by atoms with E-state index < -0.39 is 0 Å². The molecule has 0 atom stereocenters. The second-order valence-electron chi connectivity index (χ2n) is 9.13. The third kappa shape index (κ3) is 4.06. The van der Waals surface area contributed by atoms with Gasteiger partial charge < -0.3 is 15.3 Å². The molecular weight excluding hydrogens is 364 g/mol. The topological polar surface area (TPSA) is 69.6 Å². The van der Waals surface area contributed by atoms with Crippen molar-refractivity contribution in [2.24, 2.45) is 5.41 Å². The molecule has 2 aliphatic rings. The Hall–Kier alpha value is -2.66. The number of benzene rings is 2. The number of nitrogens with zero attached hydrogens (tertiary/aromatic N) is 1. The van der Waals surface area contributed by atoms with Gasteiger partial charge in [-0.25, -0.2) is 0 Å². The van der Waals surface area contributed by atoms with Gasteiger partial charge >= 0.3 is 0 Å². The number of amides is 2. The molecule has 2 amide bonds. The first-order valence-electron chi connectivity index (χ1n) is 10.2. The second kappa shape index (κ2) is 7.30. The molecular formula is C24H28N2O3. The summed E-state index contributed by atoms with van der Waals surface area (Å²) in [6.07, 6.45) is 2.12. The lowest BCUT2D eigenvalue weighted by Crippen LogP contribution is -2.36. The Morgan fingerprint density at radius 3 is 2.62 bits per heavy atom. The van der Waals surface area contributed by atoms with Crippen LogP contribution in [0.5, 0.6) is 0 Å². The van der Waals surface area contributed by atoms with Crippen LogP contribution in [0.4, 0.5) is 0 Å². The molecule has 2 N–H and O–H groups in total. The van der Waals surface area contributed by atoms with Gasteiger partial charge in [-0.1, -0.05) is 26.0 Å². The first-order chi connectivity index (χ1) is 13.8. The summed E-state index contributed by atoms with van der Waals surface area (Å²) in [5.41, 5.74) is 5.17. The van der Waals surface area contributed by atoms with Crippen molar-refractivity contribution in [2.75, 3.05) is 13.2 Å². The molecule has 4 rings (SSSR count). The Balaban J connectivity index is 1.60. The molecule has 1 heterocycles. The zero-order chi connectivity index (χ0) is 20.8. The van der Waals surface area contributed by atoms with E-state index in [4.69, 9.17) is 0 Å². The highest BCUT2D eigenvalue weighted by Gasteiger charge is 2.32. The average Bonchev–Trinajstić information content (AvgIpc) is 3.45. The normalized spacial score (nSPS) is 16.1. The fourth-order valence-corrected chi connectivity index (χ4v) is 3.81. The van der Waals surface area contributed by atoms with Crippen LogP contribution < -0.4 is 5.32 Å². The van der Waals surface area contributed by atoms with Gasteiger partial charge in [0.15, 0.2) is 0 Å². The van der Waals surface area contributed by atoms with E-state index >= 15 is 0 Å². The molecule has 29 heavy (non-hydrogen) atoms. The van der Waals surface area contributed by atoms with Crippen LogP contribution in [0, 0.1) is 12.3 Å². The van der Waals surface area contributed by atoms with Crippen LogP contribution in [0.3, 0.4) is 0 Å². The molecule has 1 fully saturated rings. The van der Waals surface area contributed by atoms with E-state index in [0.29, 0.717) is 24.7 Å². The van der Waals surface area contributed by atoms with Crippen LogP contribution in [-0.4, -0.2) is 41.0 Å². The van der Waals surface area contributed by atoms with Crippen LogP contribution >= 0.6 is 0 Å². The number of carbonyl (C=O) groups is 2. The molecule has 1 aliphatic heterocycles. The third-order valence-corrected chi connectivity index (χ3v) is 5.75. The van der Waals surface area contributed by atoms with Crippen LogP contribution in [0.2, 0.25) is 0 Å². The molecule has 2 aromatic carbocycles. The third-order valence-electron chi connectivity index (χ3n) is 5.75. The number of fused-ring (bicyclic) bond motifs is 1. The highest BCUT2D eigenvalue weighted by atomic mass is 16.3. The smallest absolute Gasteiger partial charge is 0.254 e. The van der Waals surface area contributed by atoms with Gasteiger partial charge in [0.1, 0.15) is 0 Å². The number of aliphatic hydroxyl groups excluding tert-OH is 1. The van der Waals surface area contributed by atoms with Gasteiger partial charge in [0.25, 0.3) is 11.8 Å². The number of hydrogen-bond donors (Lipinski definition) is 2. The Labute approximate surface area is 171 Å². The van der Waals surface area contributed by atoms with E-state index in [0.717, 1.165) is 40.7 Å². The summed E-state index contributed by atoms with van der Waals surface area (Å²) < 4.78 is 0. The Kier molecular flexibility index (Phi) is 4.95. The lowest BCUT2D eigenvalue weighted by atomic mass is 9.94. The Morgan fingerprint density at radius 2 is 1.93 bits per heavy atom. The minimum absolute atomic E-state index is 0.0161. The molecule has 0 bridgehead atoms. The maximum Gasteiger partial charge on any atom is 0.254 e. The number of aliphatic hydroxyl groups is 1. The maximum absolute atomic E-state index is 12.7. The first-order valence-corrected chi connectivity index (χ1v) is 10.2. The minimum atomic E-state index is -0.333. The molecule has 0 spiro atoms. The highest BCUT2D eigenvalue weighted by molar-refractivity contribution is 5.99. The number of rotatable bonds is 6. The van der Waals surface area contributed by atoms with E-state index in [2.05, 4.69) is 11.4 Å². The molecule has 5 nitrogen and oxygen atoms in total. The van der Waals surface area contributed by atoms with E-state index in [-0.39, 0.29) is 23.8 Å². The van der Waals surface area contributed by atoms with E-state index in [1.165, 1.54) is 0 Å². The Morgan fingerprint density at radius 1 is 1.17 bits per heavy atom. The monoisotopic (exact) mass is 392 g/mol. The molecule has 0 aromatic heterocycles. The van der Waals surface area contributed by atoms with Gasteiger partial charge in [0, 0.05) is 42.3 Å². The second-order valence-corrected chi connectivity index (χ2v) is 9.13. The summed E-state index contributed by atoms with van der Waals surface area (Å²) >= 11 is 0. The SMILES string of the molecule is Cc1ccc(C(=O)NC2CC2)cc1-c1ccc2c(c1)CN(CC(C)(C)CO)C2=O. The standard InChI is InChI=1S/C24H28N2O3/c1-15-4-5-17(22(28)25-19-7-8-19)11-21(15)16-6-9-20-18(10-16)12-26(23(20)29)13-24(2,3)14-27/h4-6,9-11,19,27H,7-8,12-14H2,1-3H3,(H,25,28). The van der Waals surface area contributed by atoms with E-state index in [1.54, 1.807) is 4.90 Å². The van der Waals surface area contributed by atoms with Gasteiger partial charge in [0.2, 0.25) is 0 Å². The summed E-state index contributed by atoms with van der Waals surface area (Å²) in [5.74, 6) is -0.00939. The van der Waals surface area contributed by atoms with Gasteiger partial charge in [-0.15, -0.1) is 0 Å². The zero-order valence-corrected chi connectivity index (χ0v) is 17.3. The van der Waals surface area contributed by atoms with E-state index in [9.17, 15) is 14.7 Å². The number of aryl methyl sites for hydroxylation is 1. The van der Waals surface area contributed by atoms with Crippen molar-refractivity contribution in [1.29, 1.82) is 0 Å². The van der Waals surface area contributed by atoms with Crippen molar-refractivity contribution in [3.8, 4) is 11.1 Å². The molecule has 0 radical (unpaired) electrons. The van der Waals surface area contributed by atoms with Crippen molar-refractivity contribution < 1.29 is 14.7 Å². The highest BCUT2D eigenvalue weighted by Crippen LogP contribution is 2.32. The minimum Gasteiger partial charge on any atom is -0.396 e. The molecule has 152 valence electrons. The summed E-state index contributed by atoms with van der Waals surface area (Å²) in [6.45, 7) is 7.04. The molecule has 0 unspecified atom stereocenters. The van der Waals surface area contributed by atoms with Crippen molar-refractivity contribution in [1.82, 2.24) is 10.2 Å². The van der Waals surface area contributed by atoms with Gasteiger partial charge in [0.05, 0.1) is 0 Å². The van der Waals surface area contributed by atoms with Crippen molar-refractivity contribution in [2.45, 2.75) is 46.2 Å². The van der Waals surface area contributed by atoms with Crippen molar-refractivity contribution in [3.05, 3.63) is 58.7 Å². The van der Waals surface area contributed by atoms with Crippen LogP contribution in [0.15, 0.2) is 36.4 Å². The molecule has 0 saturated heterocycles. The van der Waals surface area contributed by atoms with Crippen LogP contribution in [0.25, 0.3) is 11.1 Å². The number of hydrogen-bond acceptors (Lipinski definition) is 3. The predicted molar refractivity (Wildman–Crippen MR) is 113 cm³/mol. The quantitative estimate of drug-likeness (QED) is 0.790. The Bertz CT molecular complexity index is 976. The average molecular weight is 392 g/mol. The number of nitrogens with one attached hydrogen (secondary N) is 1. The molecule has 5 heteroatoms. The van der Waals surface area contributed by atoms with Crippen molar-refractivity contribution in [3.63, 3.8) is 0 Å². The largest absolute Gasteiger partial charge is 0.396 e. The maximum atomic E-state index is 12.7. The predicted octanol–water partition coefficient (Wildman–Crippen LogP) is 3.53. The fraction of sp³-hybridized carbons (Fsp3) is 0.417. The first kappa shape index (κ1) is 19.6. The lowest BCUT2D eigenvalue weighted by Gasteiger charge is -2.28.